The Morgan fingerprint density at radius 1 is 1.62 bits per heavy atom. The maximum Gasteiger partial charge on any atom is 0.243 e. The molecule has 1 aromatic heterocycles. The van der Waals surface area contributed by atoms with Gasteiger partial charge in [-0.15, -0.1) is 0 Å². The molecule has 0 saturated heterocycles. The van der Waals surface area contributed by atoms with Crippen molar-refractivity contribution in [3.63, 3.8) is 0 Å². The minimum absolute atomic E-state index is 0.167. The molecule has 0 aliphatic heterocycles. The van der Waals surface area contributed by atoms with Crippen molar-refractivity contribution in [2.75, 3.05) is 0 Å². The maximum absolute atomic E-state index is 11.1. The lowest BCUT2D eigenvalue weighted by molar-refractivity contribution is -0.116. The van der Waals surface area contributed by atoms with Gasteiger partial charge >= 0.3 is 0 Å². The summed E-state index contributed by atoms with van der Waals surface area (Å²) in [5, 5.41) is 2.76. The molecule has 0 radical (unpaired) electrons. The van der Waals surface area contributed by atoms with Gasteiger partial charge in [0.2, 0.25) is 5.91 Å². The van der Waals surface area contributed by atoms with Crippen LogP contribution >= 0.6 is 0 Å². The quantitative estimate of drug-likeness (QED) is 0.786. The molecule has 0 bridgehead atoms. The normalized spacial score (nSPS) is 10.3. The second-order valence-electron chi connectivity index (χ2n) is 3.56. The van der Waals surface area contributed by atoms with Gasteiger partial charge in [-0.2, -0.15) is 0 Å². The SMILES string of the molecule is C=CC(=O)NCc1cccc2ncn(C)c12. The Bertz CT molecular complexity index is 542. The van der Waals surface area contributed by atoms with Crippen molar-refractivity contribution in [3.8, 4) is 0 Å². The molecule has 0 atom stereocenters. The van der Waals surface area contributed by atoms with E-state index in [1.54, 1.807) is 6.33 Å². The van der Waals surface area contributed by atoms with Gasteiger partial charge in [-0.3, -0.25) is 4.79 Å². The number of imidazole rings is 1. The Morgan fingerprint density at radius 2 is 2.44 bits per heavy atom. The molecule has 4 nitrogen and oxygen atoms in total. The van der Waals surface area contributed by atoms with Crippen LogP contribution < -0.4 is 5.32 Å². The summed E-state index contributed by atoms with van der Waals surface area (Å²) in [6, 6.07) is 5.87. The molecule has 0 spiro atoms. The van der Waals surface area contributed by atoms with Crippen LogP contribution in [0.3, 0.4) is 0 Å². The van der Waals surface area contributed by atoms with Crippen LogP contribution in [0.2, 0.25) is 0 Å². The zero-order valence-corrected chi connectivity index (χ0v) is 9.10. The Hall–Kier alpha value is -2.10. The fourth-order valence-electron chi connectivity index (χ4n) is 1.69. The van der Waals surface area contributed by atoms with E-state index in [2.05, 4.69) is 16.9 Å². The molecule has 0 aliphatic rings. The molecule has 1 heterocycles. The molecule has 0 unspecified atom stereocenters. The van der Waals surface area contributed by atoms with Crippen LogP contribution in [0.4, 0.5) is 0 Å². The smallest absolute Gasteiger partial charge is 0.243 e. The van der Waals surface area contributed by atoms with E-state index < -0.39 is 0 Å². The van der Waals surface area contributed by atoms with Crippen LogP contribution in [-0.2, 0) is 18.4 Å². The Labute approximate surface area is 93.6 Å². The molecule has 16 heavy (non-hydrogen) atoms. The third-order valence-electron chi connectivity index (χ3n) is 2.46. The van der Waals surface area contributed by atoms with Crippen molar-refractivity contribution in [3.05, 3.63) is 42.7 Å². The molecule has 0 saturated carbocycles. The largest absolute Gasteiger partial charge is 0.348 e. The minimum Gasteiger partial charge on any atom is -0.348 e. The molecular weight excluding hydrogens is 202 g/mol. The number of hydrogen-bond donors (Lipinski definition) is 1. The first-order valence-corrected chi connectivity index (χ1v) is 5.01. The predicted octanol–water partition coefficient (Wildman–Crippen LogP) is 1.38. The van der Waals surface area contributed by atoms with E-state index in [1.165, 1.54) is 6.08 Å². The van der Waals surface area contributed by atoms with Gasteiger partial charge in [0, 0.05) is 13.6 Å². The van der Waals surface area contributed by atoms with Gasteiger partial charge in [0.05, 0.1) is 17.4 Å². The summed E-state index contributed by atoms with van der Waals surface area (Å²) in [7, 11) is 1.94. The number of aryl methyl sites for hydroxylation is 1. The van der Waals surface area contributed by atoms with Crippen molar-refractivity contribution >= 4 is 16.9 Å². The number of amides is 1. The topological polar surface area (TPSA) is 46.9 Å². The number of carbonyl (C=O) groups is 1. The zero-order chi connectivity index (χ0) is 11.5. The van der Waals surface area contributed by atoms with Gasteiger partial charge in [-0.1, -0.05) is 18.7 Å². The highest BCUT2D eigenvalue weighted by Gasteiger charge is 2.05. The number of aromatic nitrogens is 2. The summed E-state index contributed by atoms with van der Waals surface area (Å²) in [5.41, 5.74) is 3.03. The molecule has 82 valence electrons. The average Bonchev–Trinajstić information content (AvgIpc) is 2.69. The molecule has 1 aromatic carbocycles. The van der Waals surface area contributed by atoms with E-state index in [4.69, 9.17) is 0 Å². The average molecular weight is 215 g/mol. The van der Waals surface area contributed by atoms with Gasteiger partial charge in [-0.25, -0.2) is 4.98 Å². The predicted molar refractivity (Wildman–Crippen MR) is 62.8 cm³/mol. The van der Waals surface area contributed by atoms with Crippen molar-refractivity contribution in [1.29, 1.82) is 0 Å². The van der Waals surface area contributed by atoms with Crippen LogP contribution in [0.5, 0.6) is 0 Å². The summed E-state index contributed by atoms with van der Waals surface area (Å²) >= 11 is 0. The van der Waals surface area contributed by atoms with Gasteiger partial charge in [0.1, 0.15) is 0 Å². The van der Waals surface area contributed by atoms with Gasteiger partial charge in [0.15, 0.2) is 0 Å². The van der Waals surface area contributed by atoms with E-state index in [1.807, 2.05) is 29.8 Å². The third kappa shape index (κ3) is 1.82. The Kier molecular flexibility index (Phi) is 2.72. The minimum atomic E-state index is -0.167. The number of nitrogens with zero attached hydrogens (tertiary/aromatic N) is 2. The highest BCUT2D eigenvalue weighted by molar-refractivity contribution is 5.87. The number of para-hydroxylation sites is 1. The van der Waals surface area contributed by atoms with E-state index in [-0.39, 0.29) is 5.91 Å². The zero-order valence-electron chi connectivity index (χ0n) is 9.10. The molecule has 4 heteroatoms. The van der Waals surface area contributed by atoms with Crippen molar-refractivity contribution in [1.82, 2.24) is 14.9 Å². The fraction of sp³-hybridized carbons (Fsp3) is 0.167. The number of carbonyl (C=O) groups excluding carboxylic acids is 1. The van der Waals surface area contributed by atoms with Gasteiger partial charge in [0.25, 0.3) is 0 Å². The molecule has 2 aromatic rings. The van der Waals surface area contributed by atoms with Gasteiger partial charge < -0.3 is 9.88 Å². The maximum atomic E-state index is 11.1. The molecule has 0 aliphatic carbocycles. The summed E-state index contributed by atoms with van der Waals surface area (Å²) in [4.78, 5) is 15.3. The highest BCUT2D eigenvalue weighted by atomic mass is 16.1. The number of rotatable bonds is 3. The van der Waals surface area contributed by atoms with E-state index >= 15 is 0 Å². The number of fused-ring (bicyclic) bond motifs is 1. The van der Waals surface area contributed by atoms with Crippen LogP contribution in [0.25, 0.3) is 11.0 Å². The van der Waals surface area contributed by atoms with E-state index in [0.29, 0.717) is 6.54 Å². The standard InChI is InChI=1S/C12H13N3O/c1-3-11(16)13-7-9-5-4-6-10-12(9)15(2)8-14-10/h3-6,8H,1,7H2,2H3,(H,13,16). The Morgan fingerprint density at radius 3 is 3.19 bits per heavy atom. The van der Waals surface area contributed by atoms with Crippen LogP contribution in [0.1, 0.15) is 5.56 Å². The van der Waals surface area contributed by atoms with Crippen molar-refractivity contribution in [2.45, 2.75) is 6.54 Å². The van der Waals surface area contributed by atoms with E-state index in [0.717, 1.165) is 16.6 Å². The van der Waals surface area contributed by atoms with Crippen LogP contribution in [0, 0.1) is 0 Å². The molecule has 0 fully saturated rings. The number of hydrogen-bond acceptors (Lipinski definition) is 2. The summed E-state index contributed by atoms with van der Waals surface area (Å²) in [6.07, 6.45) is 3.03. The first kappa shape index (κ1) is 10.4. The highest BCUT2D eigenvalue weighted by Crippen LogP contribution is 2.16. The van der Waals surface area contributed by atoms with E-state index in [9.17, 15) is 4.79 Å². The molecule has 1 N–H and O–H groups in total. The summed E-state index contributed by atoms with van der Waals surface area (Å²) in [6.45, 7) is 3.90. The lowest BCUT2D eigenvalue weighted by atomic mass is 10.2. The summed E-state index contributed by atoms with van der Waals surface area (Å²) in [5.74, 6) is -0.167. The van der Waals surface area contributed by atoms with Gasteiger partial charge in [-0.05, 0) is 17.7 Å². The lowest BCUT2D eigenvalue weighted by Gasteiger charge is -2.05. The third-order valence-corrected chi connectivity index (χ3v) is 2.46. The second kappa shape index (κ2) is 4.18. The first-order chi connectivity index (χ1) is 7.72. The van der Waals surface area contributed by atoms with Crippen molar-refractivity contribution < 1.29 is 4.79 Å². The summed E-state index contributed by atoms with van der Waals surface area (Å²) < 4.78 is 1.95. The van der Waals surface area contributed by atoms with Crippen LogP contribution in [-0.4, -0.2) is 15.5 Å². The number of nitrogens with one attached hydrogen (secondary N) is 1. The monoisotopic (exact) mass is 215 g/mol. The second-order valence-corrected chi connectivity index (χ2v) is 3.56. The fourth-order valence-corrected chi connectivity index (χ4v) is 1.69. The molecule has 1 amide bonds. The number of benzene rings is 1. The van der Waals surface area contributed by atoms with Crippen molar-refractivity contribution in [2.24, 2.45) is 7.05 Å². The Balaban J connectivity index is 2.33. The lowest BCUT2D eigenvalue weighted by Crippen LogP contribution is -2.20. The van der Waals surface area contributed by atoms with Crippen LogP contribution in [0.15, 0.2) is 37.2 Å². The first-order valence-electron chi connectivity index (χ1n) is 5.01. The molecular formula is C12H13N3O. The molecule has 2 rings (SSSR count).